The van der Waals surface area contributed by atoms with Gasteiger partial charge in [0, 0.05) is 30.8 Å². The van der Waals surface area contributed by atoms with E-state index in [0.29, 0.717) is 23.1 Å². The lowest BCUT2D eigenvalue weighted by atomic mass is 10.1. The molecule has 3 aromatic rings. The molecule has 0 amide bonds. The van der Waals surface area contributed by atoms with Gasteiger partial charge >= 0.3 is 0 Å². The van der Waals surface area contributed by atoms with Gasteiger partial charge in [0.05, 0.1) is 42.4 Å². The Morgan fingerprint density at radius 2 is 2.03 bits per heavy atom. The summed E-state index contributed by atoms with van der Waals surface area (Å²) in [5.41, 5.74) is 3.22. The van der Waals surface area contributed by atoms with Gasteiger partial charge in [0.2, 0.25) is 5.88 Å². The third kappa shape index (κ3) is 4.28. The van der Waals surface area contributed by atoms with Crippen LogP contribution in [0.25, 0.3) is 11.3 Å². The van der Waals surface area contributed by atoms with E-state index in [9.17, 15) is 5.11 Å². The number of pyridine rings is 2. The second-order valence-electron chi connectivity index (χ2n) is 6.81. The fourth-order valence-electron chi connectivity index (χ4n) is 3.55. The van der Waals surface area contributed by atoms with Gasteiger partial charge < -0.3 is 19.5 Å². The van der Waals surface area contributed by atoms with Crippen molar-refractivity contribution in [1.29, 1.82) is 0 Å². The van der Waals surface area contributed by atoms with Crippen molar-refractivity contribution >= 4 is 17.3 Å². The summed E-state index contributed by atoms with van der Waals surface area (Å²) in [7, 11) is 1.64. The smallest absolute Gasteiger partial charge is 0.213 e. The molecule has 4 rings (SSSR count). The fourth-order valence-corrected chi connectivity index (χ4v) is 3.66. The first-order chi connectivity index (χ1) is 14.2. The van der Waals surface area contributed by atoms with Crippen molar-refractivity contribution < 1.29 is 14.6 Å². The molecule has 1 saturated heterocycles. The lowest BCUT2D eigenvalue weighted by molar-refractivity contribution is 0.216. The van der Waals surface area contributed by atoms with Gasteiger partial charge in [0.15, 0.2) is 0 Å². The van der Waals surface area contributed by atoms with Crippen molar-refractivity contribution in [2.45, 2.75) is 19.1 Å². The van der Waals surface area contributed by atoms with Crippen LogP contribution < -0.4 is 14.4 Å². The molecule has 1 aliphatic rings. The predicted octanol–water partition coefficient (Wildman–Crippen LogP) is 3.96. The van der Waals surface area contributed by atoms with E-state index in [1.165, 1.54) is 0 Å². The summed E-state index contributed by atoms with van der Waals surface area (Å²) in [5, 5.41) is 10.5. The third-order valence-electron chi connectivity index (χ3n) is 4.96. The van der Waals surface area contributed by atoms with Crippen LogP contribution in [0.4, 0.5) is 5.69 Å². The highest BCUT2D eigenvalue weighted by Crippen LogP contribution is 2.32. The number of aromatic nitrogens is 2. The van der Waals surface area contributed by atoms with Crippen molar-refractivity contribution in [3.63, 3.8) is 0 Å². The minimum Gasteiger partial charge on any atom is -0.496 e. The van der Waals surface area contributed by atoms with Gasteiger partial charge in [-0.3, -0.25) is 0 Å². The number of aliphatic hydroxyl groups is 1. The quantitative estimate of drug-likeness (QED) is 0.662. The molecular weight excluding hydrogens is 390 g/mol. The summed E-state index contributed by atoms with van der Waals surface area (Å²) in [4.78, 5) is 11.1. The number of halogens is 1. The Morgan fingerprint density at radius 1 is 1.17 bits per heavy atom. The van der Waals surface area contributed by atoms with E-state index in [2.05, 4.69) is 9.88 Å². The monoisotopic (exact) mass is 411 g/mol. The van der Waals surface area contributed by atoms with E-state index < -0.39 is 0 Å². The molecule has 7 heteroatoms. The van der Waals surface area contributed by atoms with Crippen LogP contribution in [0, 0.1) is 0 Å². The number of methoxy groups -OCH3 is 1. The maximum atomic E-state index is 9.93. The van der Waals surface area contributed by atoms with Crippen molar-refractivity contribution in [3.05, 3.63) is 65.4 Å². The molecule has 1 N–H and O–H groups in total. The Bertz CT molecular complexity index is 981. The second-order valence-corrected chi connectivity index (χ2v) is 7.25. The van der Waals surface area contributed by atoms with Crippen LogP contribution in [0.15, 0.2) is 54.7 Å². The third-order valence-corrected chi connectivity index (χ3v) is 5.18. The summed E-state index contributed by atoms with van der Waals surface area (Å²) < 4.78 is 11.4. The number of anilines is 1. The Morgan fingerprint density at radius 3 is 2.79 bits per heavy atom. The van der Waals surface area contributed by atoms with Gasteiger partial charge in [-0.1, -0.05) is 23.7 Å². The lowest BCUT2D eigenvalue weighted by Crippen LogP contribution is -2.26. The standard InChI is InChI=1S/C22H22ClN3O3/c1-28-21-5-3-2-4-17(21)18-7-8-20(19(14-27)25-18)26-11-10-16(13-26)29-22-9-6-15(23)12-24-22/h2-9,12,16,27H,10-11,13-14H2,1H3/t16-/m0/s1. The molecule has 1 aliphatic heterocycles. The van der Waals surface area contributed by atoms with Crippen LogP contribution in [0.1, 0.15) is 12.1 Å². The molecule has 0 unspecified atom stereocenters. The summed E-state index contributed by atoms with van der Waals surface area (Å²) in [6.45, 7) is 1.38. The topological polar surface area (TPSA) is 67.7 Å². The molecule has 29 heavy (non-hydrogen) atoms. The lowest BCUT2D eigenvalue weighted by Gasteiger charge is -2.21. The Hall–Kier alpha value is -2.83. The van der Waals surface area contributed by atoms with Gasteiger partial charge in [-0.15, -0.1) is 0 Å². The number of ether oxygens (including phenoxy) is 2. The van der Waals surface area contributed by atoms with Crippen molar-refractivity contribution in [2.75, 3.05) is 25.1 Å². The Labute approximate surface area is 174 Å². The Balaban J connectivity index is 1.52. The SMILES string of the molecule is COc1ccccc1-c1ccc(N2CC[C@H](Oc3ccc(Cl)cn3)C2)c(CO)n1. The first-order valence-corrected chi connectivity index (χ1v) is 9.83. The summed E-state index contributed by atoms with van der Waals surface area (Å²) in [5.74, 6) is 1.31. The molecule has 1 atom stereocenters. The second kappa shape index (κ2) is 8.68. The maximum absolute atomic E-state index is 9.93. The fraction of sp³-hybridized carbons (Fsp3) is 0.273. The molecule has 150 valence electrons. The number of benzene rings is 1. The van der Waals surface area contributed by atoms with Crippen LogP contribution in [0.3, 0.4) is 0 Å². The van der Waals surface area contributed by atoms with Crippen molar-refractivity contribution in [2.24, 2.45) is 0 Å². The largest absolute Gasteiger partial charge is 0.496 e. The summed E-state index contributed by atoms with van der Waals surface area (Å²) in [6.07, 6.45) is 2.46. The summed E-state index contributed by atoms with van der Waals surface area (Å²) in [6, 6.07) is 15.2. The van der Waals surface area contributed by atoms with Gasteiger partial charge in [0.25, 0.3) is 0 Å². The van der Waals surface area contributed by atoms with Crippen LogP contribution in [0.5, 0.6) is 11.6 Å². The number of nitrogens with zero attached hydrogens (tertiary/aromatic N) is 3. The first kappa shape index (κ1) is 19.5. The highest BCUT2D eigenvalue weighted by molar-refractivity contribution is 6.30. The minimum absolute atomic E-state index is 0.0177. The van der Waals surface area contributed by atoms with Gasteiger partial charge in [0.1, 0.15) is 11.9 Å². The van der Waals surface area contributed by atoms with Crippen LogP contribution >= 0.6 is 11.6 Å². The number of rotatable bonds is 6. The normalized spacial score (nSPS) is 16.1. The molecule has 0 aliphatic carbocycles. The van der Waals surface area contributed by atoms with Gasteiger partial charge in [-0.25, -0.2) is 9.97 Å². The molecule has 0 radical (unpaired) electrons. The number of para-hydroxylation sites is 1. The van der Waals surface area contributed by atoms with E-state index in [1.54, 1.807) is 25.4 Å². The number of hydrogen-bond donors (Lipinski definition) is 1. The molecule has 0 bridgehead atoms. The molecule has 0 spiro atoms. The van der Waals surface area contributed by atoms with Gasteiger partial charge in [-0.05, 0) is 30.3 Å². The molecule has 0 saturated carbocycles. The zero-order chi connectivity index (χ0) is 20.2. The van der Waals surface area contributed by atoms with E-state index in [4.69, 9.17) is 26.1 Å². The average Bonchev–Trinajstić information content (AvgIpc) is 3.23. The predicted molar refractivity (Wildman–Crippen MR) is 113 cm³/mol. The molecule has 3 heterocycles. The average molecular weight is 412 g/mol. The number of aliphatic hydroxyl groups excluding tert-OH is 1. The minimum atomic E-state index is -0.140. The van der Waals surface area contributed by atoms with E-state index in [1.807, 2.05) is 36.4 Å². The van der Waals surface area contributed by atoms with Gasteiger partial charge in [-0.2, -0.15) is 0 Å². The van der Waals surface area contributed by atoms with E-state index in [-0.39, 0.29) is 12.7 Å². The number of hydrogen-bond acceptors (Lipinski definition) is 6. The molecule has 1 aromatic carbocycles. The van der Waals surface area contributed by atoms with Crippen molar-refractivity contribution in [1.82, 2.24) is 9.97 Å². The van der Waals surface area contributed by atoms with E-state index in [0.717, 1.165) is 35.7 Å². The zero-order valence-corrected chi connectivity index (χ0v) is 16.8. The van der Waals surface area contributed by atoms with Crippen molar-refractivity contribution in [3.8, 4) is 22.9 Å². The molecule has 2 aromatic heterocycles. The molecule has 1 fully saturated rings. The molecule has 6 nitrogen and oxygen atoms in total. The summed E-state index contributed by atoms with van der Waals surface area (Å²) >= 11 is 5.88. The Kier molecular flexibility index (Phi) is 5.83. The zero-order valence-electron chi connectivity index (χ0n) is 16.1. The van der Waals surface area contributed by atoms with E-state index >= 15 is 0 Å². The van der Waals surface area contributed by atoms with Crippen LogP contribution in [0.2, 0.25) is 5.02 Å². The molecular formula is C22H22ClN3O3. The highest BCUT2D eigenvalue weighted by atomic mass is 35.5. The first-order valence-electron chi connectivity index (χ1n) is 9.45. The highest BCUT2D eigenvalue weighted by Gasteiger charge is 2.26. The maximum Gasteiger partial charge on any atom is 0.213 e. The van der Waals surface area contributed by atoms with Crippen LogP contribution in [-0.4, -0.2) is 41.4 Å². The van der Waals surface area contributed by atoms with Crippen LogP contribution in [-0.2, 0) is 6.61 Å².